The van der Waals surface area contributed by atoms with Crippen LogP contribution < -0.4 is 5.32 Å². The zero-order valence-electron chi connectivity index (χ0n) is 10.7. The molecule has 2 aromatic rings. The van der Waals surface area contributed by atoms with E-state index in [1.165, 1.54) is 6.07 Å². The third kappa shape index (κ3) is 2.96. The number of aromatic nitrogens is 2. The van der Waals surface area contributed by atoms with Crippen LogP contribution in [0.3, 0.4) is 0 Å². The van der Waals surface area contributed by atoms with Crippen LogP contribution in [-0.4, -0.2) is 16.1 Å². The molecule has 2 rings (SSSR count). The van der Waals surface area contributed by atoms with E-state index in [2.05, 4.69) is 10.3 Å². The van der Waals surface area contributed by atoms with Crippen molar-refractivity contribution in [2.45, 2.75) is 19.4 Å². The molecule has 0 unspecified atom stereocenters. The number of aryl methyl sites for hydroxylation is 1. The Morgan fingerprint density at radius 3 is 2.83 bits per heavy atom. The van der Waals surface area contributed by atoms with Gasteiger partial charge in [-0.15, -0.1) is 0 Å². The molecule has 96 valence electrons. The van der Waals surface area contributed by atoms with Crippen molar-refractivity contribution in [2.24, 2.45) is 7.05 Å². The second-order valence-electron chi connectivity index (χ2n) is 4.40. The van der Waals surface area contributed by atoms with Gasteiger partial charge in [-0.1, -0.05) is 18.2 Å². The number of nitrogens with one attached hydrogen (secondary N) is 1. The van der Waals surface area contributed by atoms with E-state index in [0.717, 1.165) is 18.8 Å². The van der Waals surface area contributed by atoms with Crippen molar-refractivity contribution >= 4 is 0 Å². The molecule has 0 aliphatic rings. The Kier molecular flexibility index (Phi) is 4.10. The standard InChI is InChI=1S/C14H18FN3/c1-11(12-5-3-4-6-13(12)15)16-8-7-14-17-9-10-18(14)2/h3-6,9-11,16H,7-8H2,1-2H3/t11-/m1/s1. The summed E-state index contributed by atoms with van der Waals surface area (Å²) in [6.45, 7) is 2.75. The number of nitrogens with zero attached hydrogens (tertiary/aromatic N) is 2. The Morgan fingerprint density at radius 2 is 2.17 bits per heavy atom. The van der Waals surface area contributed by atoms with Crippen LogP contribution in [0.2, 0.25) is 0 Å². The monoisotopic (exact) mass is 247 g/mol. The summed E-state index contributed by atoms with van der Waals surface area (Å²) in [7, 11) is 1.97. The Labute approximate surface area is 107 Å². The molecule has 0 saturated carbocycles. The molecule has 0 aliphatic heterocycles. The number of hydrogen-bond donors (Lipinski definition) is 1. The summed E-state index contributed by atoms with van der Waals surface area (Å²) in [5.41, 5.74) is 0.706. The summed E-state index contributed by atoms with van der Waals surface area (Å²) in [5, 5.41) is 3.31. The van der Waals surface area contributed by atoms with Crippen LogP contribution in [0.15, 0.2) is 36.7 Å². The Morgan fingerprint density at radius 1 is 1.39 bits per heavy atom. The molecule has 0 aliphatic carbocycles. The van der Waals surface area contributed by atoms with Crippen LogP contribution in [-0.2, 0) is 13.5 Å². The molecule has 0 radical (unpaired) electrons. The largest absolute Gasteiger partial charge is 0.338 e. The van der Waals surface area contributed by atoms with E-state index in [0.29, 0.717) is 5.56 Å². The fraction of sp³-hybridized carbons (Fsp3) is 0.357. The molecule has 18 heavy (non-hydrogen) atoms. The third-order valence-corrected chi connectivity index (χ3v) is 3.09. The minimum atomic E-state index is -0.158. The van der Waals surface area contributed by atoms with Gasteiger partial charge in [-0.05, 0) is 13.0 Å². The van der Waals surface area contributed by atoms with Crippen LogP contribution in [0.5, 0.6) is 0 Å². The van der Waals surface area contributed by atoms with Gasteiger partial charge in [0.25, 0.3) is 0 Å². The van der Waals surface area contributed by atoms with E-state index >= 15 is 0 Å². The van der Waals surface area contributed by atoms with Gasteiger partial charge in [-0.25, -0.2) is 9.37 Å². The number of imidazole rings is 1. The first-order valence-corrected chi connectivity index (χ1v) is 6.12. The van der Waals surface area contributed by atoms with Crippen molar-refractivity contribution in [3.05, 3.63) is 53.9 Å². The van der Waals surface area contributed by atoms with Crippen molar-refractivity contribution in [2.75, 3.05) is 6.54 Å². The SMILES string of the molecule is C[C@@H](NCCc1nccn1C)c1ccccc1F. The zero-order chi connectivity index (χ0) is 13.0. The van der Waals surface area contributed by atoms with Gasteiger partial charge in [0.05, 0.1) is 0 Å². The molecule has 1 N–H and O–H groups in total. The predicted molar refractivity (Wildman–Crippen MR) is 69.7 cm³/mol. The van der Waals surface area contributed by atoms with Gasteiger partial charge in [0.1, 0.15) is 11.6 Å². The van der Waals surface area contributed by atoms with Crippen molar-refractivity contribution < 1.29 is 4.39 Å². The molecule has 4 heteroatoms. The van der Waals surface area contributed by atoms with Gasteiger partial charge in [0.15, 0.2) is 0 Å². The number of benzene rings is 1. The summed E-state index contributed by atoms with van der Waals surface area (Å²) in [6, 6.07) is 6.88. The predicted octanol–water partition coefficient (Wildman–Crippen LogP) is 2.45. The van der Waals surface area contributed by atoms with Crippen LogP contribution in [0.25, 0.3) is 0 Å². The molecule has 0 spiro atoms. The van der Waals surface area contributed by atoms with E-state index in [1.807, 2.05) is 36.9 Å². The quantitative estimate of drug-likeness (QED) is 0.879. The normalized spacial score (nSPS) is 12.6. The van der Waals surface area contributed by atoms with Crippen molar-refractivity contribution in [1.82, 2.24) is 14.9 Å². The number of halogens is 1. The Hall–Kier alpha value is -1.68. The molecule has 0 amide bonds. The highest BCUT2D eigenvalue weighted by Crippen LogP contribution is 2.15. The highest BCUT2D eigenvalue weighted by atomic mass is 19.1. The molecule has 0 saturated heterocycles. The lowest BCUT2D eigenvalue weighted by molar-refractivity contribution is 0.525. The maximum atomic E-state index is 13.5. The van der Waals surface area contributed by atoms with Crippen molar-refractivity contribution in [3.8, 4) is 0 Å². The van der Waals surface area contributed by atoms with Gasteiger partial charge < -0.3 is 9.88 Å². The average molecular weight is 247 g/mol. The minimum absolute atomic E-state index is 0.00599. The summed E-state index contributed by atoms with van der Waals surface area (Å²) < 4.78 is 15.5. The molecular formula is C14H18FN3. The fourth-order valence-corrected chi connectivity index (χ4v) is 1.97. The third-order valence-electron chi connectivity index (χ3n) is 3.09. The van der Waals surface area contributed by atoms with Gasteiger partial charge in [-0.2, -0.15) is 0 Å². The van der Waals surface area contributed by atoms with Gasteiger partial charge in [-0.3, -0.25) is 0 Å². The molecule has 1 heterocycles. The van der Waals surface area contributed by atoms with Crippen molar-refractivity contribution in [3.63, 3.8) is 0 Å². The Balaban J connectivity index is 1.87. The first-order chi connectivity index (χ1) is 8.68. The zero-order valence-corrected chi connectivity index (χ0v) is 10.7. The molecule has 1 aromatic carbocycles. The van der Waals surface area contributed by atoms with Gasteiger partial charge >= 0.3 is 0 Å². The lowest BCUT2D eigenvalue weighted by Gasteiger charge is -2.14. The smallest absolute Gasteiger partial charge is 0.127 e. The lowest BCUT2D eigenvalue weighted by Crippen LogP contribution is -2.23. The molecule has 3 nitrogen and oxygen atoms in total. The first-order valence-electron chi connectivity index (χ1n) is 6.12. The maximum absolute atomic E-state index is 13.5. The van der Waals surface area contributed by atoms with E-state index in [4.69, 9.17) is 0 Å². The van der Waals surface area contributed by atoms with Gasteiger partial charge in [0.2, 0.25) is 0 Å². The van der Waals surface area contributed by atoms with E-state index in [9.17, 15) is 4.39 Å². The topological polar surface area (TPSA) is 29.9 Å². The summed E-state index contributed by atoms with van der Waals surface area (Å²) in [5.74, 6) is 0.873. The molecule has 1 atom stereocenters. The summed E-state index contributed by atoms with van der Waals surface area (Å²) >= 11 is 0. The minimum Gasteiger partial charge on any atom is -0.338 e. The second-order valence-corrected chi connectivity index (χ2v) is 4.40. The molecular weight excluding hydrogens is 229 g/mol. The van der Waals surface area contributed by atoms with Crippen LogP contribution in [0.4, 0.5) is 4.39 Å². The highest BCUT2D eigenvalue weighted by Gasteiger charge is 2.09. The number of hydrogen-bond acceptors (Lipinski definition) is 2. The molecule has 0 fully saturated rings. The maximum Gasteiger partial charge on any atom is 0.127 e. The first kappa shape index (κ1) is 12.8. The second kappa shape index (κ2) is 5.78. The fourth-order valence-electron chi connectivity index (χ4n) is 1.97. The Bertz CT molecular complexity index is 507. The highest BCUT2D eigenvalue weighted by molar-refractivity contribution is 5.20. The lowest BCUT2D eigenvalue weighted by atomic mass is 10.1. The van der Waals surface area contributed by atoms with E-state index < -0.39 is 0 Å². The summed E-state index contributed by atoms with van der Waals surface area (Å²) in [4.78, 5) is 4.25. The average Bonchev–Trinajstić information content (AvgIpc) is 2.75. The molecule has 0 bridgehead atoms. The van der Waals surface area contributed by atoms with Crippen LogP contribution >= 0.6 is 0 Å². The van der Waals surface area contributed by atoms with Crippen LogP contribution in [0, 0.1) is 5.82 Å². The van der Waals surface area contributed by atoms with E-state index in [1.54, 1.807) is 12.3 Å². The van der Waals surface area contributed by atoms with Crippen molar-refractivity contribution in [1.29, 1.82) is 0 Å². The van der Waals surface area contributed by atoms with Gasteiger partial charge in [0, 0.05) is 44.0 Å². The van der Waals surface area contributed by atoms with E-state index in [-0.39, 0.29) is 11.9 Å². The molecule has 1 aromatic heterocycles. The van der Waals surface area contributed by atoms with Crippen LogP contribution in [0.1, 0.15) is 24.4 Å². The summed E-state index contributed by atoms with van der Waals surface area (Å²) in [6.07, 6.45) is 4.55. The number of rotatable bonds is 5.